The monoisotopic (exact) mass is 328 g/mol. The minimum Gasteiger partial charge on any atom is -0.342 e. The lowest BCUT2D eigenvalue weighted by Gasteiger charge is -2.20. The molecule has 0 unspecified atom stereocenters. The van der Waals surface area contributed by atoms with Gasteiger partial charge in [0.2, 0.25) is 11.8 Å². The van der Waals surface area contributed by atoms with E-state index in [0.717, 1.165) is 37.2 Å². The van der Waals surface area contributed by atoms with Crippen molar-refractivity contribution in [3.63, 3.8) is 0 Å². The highest BCUT2D eigenvalue weighted by molar-refractivity contribution is 5.91. The normalized spacial score (nSPS) is 18.6. The molecule has 130 valence electrons. The van der Waals surface area contributed by atoms with Crippen LogP contribution < -0.4 is 5.32 Å². The quantitative estimate of drug-likeness (QED) is 0.894. The highest BCUT2D eigenvalue weighted by atomic mass is 16.2. The maximum absolute atomic E-state index is 12.2. The van der Waals surface area contributed by atoms with Crippen molar-refractivity contribution >= 4 is 17.5 Å². The average molecular weight is 328 g/mol. The van der Waals surface area contributed by atoms with Crippen molar-refractivity contribution in [2.75, 3.05) is 18.4 Å². The van der Waals surface area contributed by atoms with Crippen LogP contribution in [0, 0.1) is 5.92 Å². The fourth-order valence-corrected chi connectivity index (χ4v) is 3.82. The van der Waals surface area contributed by atoms with Gasteiger partial charge in [0.1, 0.15) is 0 Å². The van der Waals surface area contributed by atoms with Gasteiger partial charge in [-0.15, -0.1) is 0 Å². The van der Waals surface area contributed by atoms with Gasteiger partial charge in [-0.1, -0.05) is 31.4 Å². The highest BCUT2D eigenvalue weighted by Gasteiger charge is 2.18. The number of hydrogen-bond acceptors (Lipinski definition) is 2. The van der Waals surface area contributed by atoms with Crippen molar-refractivity contribution in [2.45, 2.75) is 57.8 Å². The Morgan fingerprint density at radius 2 is 1.62 bits per heavy atom. The maximum atomic E-state index is 12.2. The molecular weight excluding hydrogens is 300 g/mol. The van der Waals surface area contributed by atoms with Gasteiger partial charge in [0.05, 0.1) is 6.42 Å². The maximum Gasteiger partial charge on any atom is 0.226 e. The van der Waals surface area contributed by atoms with Gasteiger partial charge in [0.25, 0.3) is 0 Å². The van der Waals surface area contributed by atoms with E-state index in [0.29, 0.717) is 18.8 Å². The molecule has 2 amide bonds. The van der Waals surface area contributed by atoms with Crippen molar-refractivity contribution in [1.29, 1.82) is 0 Å². The molecule has 4 heteroatoms. The van der Waals surface area contributed by atoms with Crippen LogP contribution in [0.15, 0.2) is 24.3 Å². The lowest BCUT2D eigenvalue weighted by molar-refractivity contribution is -0.129. The molecule has 1 saturated carbocycles. The van der Waals surface area contributed by atoms with Crippen LogP contribution in [-0.2, 0) is 16.0 Å². The zero-order valence-corrected chi connectivity index (χ0v) is 14.4. The molecule has 1 aromatic carbocycles. The first-order valence-electron chi connectivity index (χ1n) is 9.37. The van der Waals surface area contributed by atoms with E-state index in [-0.39, 0.29) is 11.8 Å². The molecule has 24 heavy (non-hydrogen) atoms. The second-order valence-electron chi connectivity index (χ2n) is 7.22. The number of carbonyl (C=O) groups is 2. The van der Waals surface area contributed by atoms with Gasteiger partial charge in [0, 0.05) is 25.2 Å². The van der Waals surface area contributed by atoms with E-state index in [4.69, 9.17) is 0 Å². The summed E-state index contributed by atoms with van der Waals surface area (Å²) in [5.41, 5.74) is 1.84. The Morgan fingerprint density at radius 3 is 2.29 bits per heavy atom. The summed E-state index contributed by atoms with van der Waals surface area (Å²) in [6.45, 7) is 1.79. The largest absolute Gasteiger partial charge is 0.342 e. The summed E-state index contributed by atoms with van der Waals surface area (Å²) in [4.78, 5) is 26.2. The first-order chi connectivity index (χ1) is 11.7. The average Bonchev–Trinajstić information content (AvgIpc) is 3.12. The lowest BCUT2D eigenvalue weighted by atomic mass is 9.87. The van der Waals surface area contributed by atoms with Gasteiger partial charge in [-0.25, -0.2) is 0 Å². The SMILES string of the molecule is O=C(CC1CCCCC1)Nc1ccc(CC(=O)N2CCCC2)cc1. The zero-order valence-electron chi connectivity index (χ0n) is 14.4. The van der Waals surface area contributed by atoms with E-state index in [1.807, 2.05) is 29.2 Å². The summed E-state index contributed by atoms with van der Waals surface area (Å²) in [6.07, 6.45) is 9.54. The van der Waals surface area contributed by atoms with Crippen LogP contribution >= 0.6 is 0 Å². The van der Waals surface area contributed by atoms with Crippen molar-refractivity contribution in [3.05, 3.63) is 29.8 Å². The van der Waals surface area contributed by atoms with Crippen LogP contribution in [0.3, 0.4) is 0 Å². The topological polar surface area (TPSA) is 49.4 Å². The number of carbonyl (C=O) groups excluding carboxylic acids is 2. The van der Waals surface area contributed by atoms with Gasteiger partial charge in [-0.05, 0) is 49.3 Å². The Hall–Kier alpha value is -1.84. The van der Waals surface area contributed by atoms with E-state index >= 15 is 0 Å². The van der Waals surface area contributed by atoms with Gasteiger partial charge in [0.15, 0.2) is 0 Å². The molecule has 0 bridgehead atoms. The van der Waals surface area contributed by atoms with Crippen LogP contribution in [0.1, 0.15) is 56.9 Å². The van der Waals surface area contributed by atoms with Gasteiger partial charge in [-0.3, -0.25) is 9.59 Å². The smallest absolute Gasteiger partial charge is 0.226 e. The first kappa shape index (κ1) is 17.0. The number of benzene rings is 1. The van der Waals surface area contributed by atoms with Crippen LogP contribution in [0.25, 0.3) is 0 Å². The third-order valence-corrected chi connectivity index (χ3v) is 5.25. The van der Waals surface area contributed by atoms with E-state index in [9.17, 15) is 9.59 Å². The molecule has 0 spiro atoms. The van der Waals surface area contributed by atoms with E-state index in [1.54, 1.807) is 0 Å². The van der Waals surface area contributed by atoms with Crippen molar-refractivity contribution in [3.8, 4) is 0 Å². The number of rotatable bonds is 5. The Morgan fingerprint density at radius 1 is 0.958 bits per heavy atom. The number of nitrogens with one attached hydrogen (secondary N) is 1. The number of amides is 2. The summed E-state index contributed by atoms with van der Waals surface area (Å²) < 4.78 is 0. The molecule has 0 radical (unpaired) electrons. The van der Waals surface area contributed by atoms with Crippen molar-refractivity contribution in [1.82, 2.24) is 4.90 Å². The minimum absolute atomic E-state index is 0.114. The predicted octanol–water partition coefficient (Wildman–Crippen LogP) is 3.76. The van der Waals surface area contributed by atoms with Gasteiger partial charge in [-0.2, -0.15) is 0 Å². The summed E-state index contributed by atoms with van der Waals surface area (Å²) in [6, 6.07) is 7.71. The molecule has 2 aliphatic rings. The first-order valence-corrected chi connectivity index (χ1v) is 9.37. The predicted molar refractivity (Wildman–Crippen MR) is 95.8 cm³/mol. The second kappa shape index (κ2) is 8.32. The molecular formula is C20H28N2O2. The molecule has 1 aliphatic heterocycles. The minimum atomic E-state index is 0.114. The molecule has 3 rings (SSSR count). The van der Waals surface area contributed by atoms with Crippen LogP contribution in [0.4, 0.5) is 5.69 Å². The van der Waals surface area contributed by atoms with Gasteiger partial charge < -0.3 is 10.2 Å². The standard InChI is InChI=1S/C20H28N2O2/c23-19(14-16-6-2-1-3-7-16)21-18-10-8-17(9-11-18)15-20(24)22-12-4-5-13-22/h8-11,16H,1-7,12-15H2,(H,21,23). The van der Waals surface area contributed by atoms with E-state index < -0.39 is 0 Å². The number of likely N-dealkylation sites (tertiary alicyclic amines) is 1. The van der Waals surface area contributed by atoms with Crippen LogP contribution in [0.5, 0.6) is 0 Å². The van der Waals surface area contributed by atoms with Crippen molar-refractivity contribution < 1.29 is 9.59 Å². The molecule has 1 aliphatic carbocycles. The Bertz CT molecular complexity index is 556. The van der Waals surface area contributed by atoms with Crippen LogP contribution in [0.2, 0.25) is 0 Å². The van der Waals surface area contributed by atoms with E-state index in [2.05, 4.69) is 5.32 Å². The molecule has 2 fully saturated rings. The summed E-state index contributed by atoms with van der Waals surface area (Å²) >= 11 is 0. The lowest BCUT2D eigenvalue weighted by Crippen LogP contribution is -2.29. The molecule has 1 N–H and O–H groups in total. The summed E-state index contributed by atoms with van der Waals surface area (Å²) in [5.74, 6) is 0.875. The summed E-state index contributed by atoms with van der Waals surface area (Å²) in [5, 5.41) is 2.99. The molecule has 1 aromatic rings. The fourth-order valence-electron chi connectivity index (χ4n) is 3.82. The third-order valence-electron chi connectivity index (χ3n) is 5.25. The second-order valence-corrected chi connectivity index (χ2v) is 7.22. The van der Waals surface area contributed by atoms with Crippen LogP contribution in [-0.4, -0.2) is 29.8 Å². The zero-order chi connectivity index (χ0) is 16.8. The Balaban J connectivity index is 1.46. The Kier molecular flexibility index (Phi) is 5.89. The third kappa shape index (κ3) is 4.83. The van der Waals surface area contributed by atoms with Gasteiger partial charge >= 0.3 is 0 Å². The molecule has 4 nitrogen and oxygen atoms in total. The summed E-state index contributed by atoms with van der Waals surface area (Å²) in [7, 11) is 0. The van der Waals surface area contributed by atoms with E-state index in [1.165, 1.54) is 32.1 Å². The molecule has 0 aromatic heterocycles. The molecule has 1 heterocycles. The molecule has 1 saturated heterocycles. The van der Waals surface area contributed by atoms with Crippen molar-refractivity contribution in [2.24, 2.45) is 5.92 Å². The fraction of sp³-hybridized carbons (Fsp3) is 0.600. The number of nitrogens with zero attached hydrogens (tertiary/aromatic N) is 1. The molecule has 0 atom stereocenters. The number of hydrogen-bond donors (Lipinski definition) is 1. The highest BCUT2D eigenvalue weighted by Crippen LogP contribution is 2.26. The Labute approximate surface area is 144 Å². The number of anilines is 1.